The van der Waals surface area contributed by atoms with Gasteiger partial charge in [0.2, 0.25) is 11.8 Å². The Morgan fingerprint density at radius 2 is 1.66 bits per heavy atom. The van der Waals surface area contributed by atoms with Gasteiger partial charge in [0.25, 0.3) is 5.91 Å². The molecule has 32 heavy (non-hydrogen) atoms. The summed E-state index contributed by atoms with van der Waals surface area (Å²) < 4.78 is 14.9. The fourth-order valence-electron chi connectivity index (χ4n) is 2.65. The van der Waals surface area contributed by atoms with Crippen LogP contribution in [0.25, 0.3) is 0 Å². The first-order chi connectivity index (χ1) is 15.4. The van der Waals surface area contributed by atoms with E-state index in [9.17, 15) is 19.2 Å². The molecule has 0 aromatic heterocycles. The summed E-state index contributed by atoms with van der Waals surface area (Å²) in [4.78, 5) is 48.1. The molecule has 3 amide bonds. The van der Waals surface area contributed by atoms with Gasteiger partial charge in [-0.3, -0.25) is 19.2 Å². The molecule has 0 radical (unpaired) electrons. The monoisotopic (exact) mass is 469 g/mol. The maximum Gasteiger partial charge on any atom is 0.307 e. The average Bonchev–Trinajstić information content (AvgIpc) is 2.80. The SMILES string of the molecule is COC(=O)CCNC(=O)[C@@H](CCSC)NC(=O)CCNC(=O)c1ccc(OC)c(OC)c1. The van der Waals surface area contributed by atoms with Crippen LogP contribution in [0.15, 0.2) is 18.2 Å². The van der Waals surface area contributed by atoms with Gasteiger partial charge in [-0.1, -0.05) is 0 Å². The molecule has 10 nitrogen and oxygen atoms in total. The number of esters is 1. The molecule has 1 aromatic rings. The maximum atomic E-state index is 12.4. The number of hydrogen-bond acceptors (Lipinski definition) is 8. The van der Waals surface area contributed by atoms with Crippen LogP contribution < -0.4 is 25.4 Å². The number of thioether (sulfide) groups is 1. The van der Waals surface area contributed by atoms with E-state index in [1.807, 2.05) is 6.26 Å². The van der Waals surface area contributed by atoms with E-state index < -0.39 is 12.0 Å². The largest absolute Gasteiger partial charge is 0.493 e. The standard InChI is InChI=1S/C21H31N3O7S/c1-29-16-6-5-14(13-17(16)30-2)20(27)22-10-7-18(25)24-15(9-12-32-4)21(28)23-11-8-19(26)31-3/h5-6,13,15H,7-12H2,1-4H3,(H,22,27)(H,23,28)(H,24,25)/t15-/m1/s1. The minimum Gasteiger partial charge on any atom is -0.493 e. The Labute approximate surface area is 192 Å². The number of ether oxygens (including phenoxy) is 3. The van der Waals surface area contributed by atoms with Crippen molar-refractivity contribution in [3.8, 4) is 11.5 Å². The number of amides is 3. The molecule has 0 bridgehead atoms. The summed E-state index contributed by atoms with van der Waals surface area (Å²) in [6, 6.07) is 4.03. The highest BCUT2D eigenvalue weighted by molar-refractivity contribution is 7.98. The number of nitrogens with one attached hydrogen (secondary N) is 3. The Morgan fingerprint density at radius 3 is 2.28 bits per heavy atom. The van der Waals surface area contributed by atoms with E-state index in [4.69, 9.17) is 9.47 Å². The van der Waals surface area contributed by atoms with Crippen molar-refractivity contribution in [3.63, 3.8) is 0 Å². The predicted molar refractivity (Wildman–Crippen MR) is 121 cm³/mol. The summed E-state index contributed by atoms with van der Waals surface area (Å²) in [5.74, 6) is 0.0686. The van der Waals surface area contributed by atoms with Crippen LogP contribution in [0.1, 0.15) is 29.6 Å². The van der Waals surface area contributed by atoms with Gasteiger partial charge in [-0.25, -0.2) is 0 Å². The second-order valence-corrected chi connectivity index (χ2v) is 7.58. The third-order valence-corrected chi connectivity index (χ3v) is 5.05. The Balaban J connectivity index is 2.53. The van der Waals surface area contributed by atoms with Crippen molar-refractivity contribution in [1.29, 1.82) is 0 Å². The fourth-order valence-corrected chi connectivity index (χ4v) is 3.12. The zero-order chi connectivity index (χ0) is 23.9. The highest BCUT2D eigenvalue weighted by Gasteiger charge is 2.20. The Morgan fingerprint density at radius 1 is 0.969 bits per heavy atom. The van der Waals surface area contributed by atoms with Crippen molar-refractivity contribution in [1.82, 2.24) is 16.0 Å². The molecule has 3 N–H and O–H groups in total. The molecule has 1 aromatic carbocycles. The van der Waals surface area contributed by atoms with Crippen LogP contribution in [0.3, 0.4) is 0 Å². The Hall–Kier alpha value is -2.95. The molecule has 0 unspecified atom stereocenters. The van der Waals surface area contributed by atoms with Gasteiger partial charge >= 0.3 is 5.97 Å². The van der Waals surface area contributed by atoms with E-state index in [0.717, 1.165) is 0 Å². The first kappa shape index (κ1) is 27.1. The predicted octanol–water partition coefficient (Wildman–Crippen LogP) is 0.741. The molecule has 0 aliphatic carbocycles. The lowest BCUT2D eigenvalue weighted by molar-refractivity contribution is -0.140. The van der Waals surface area contributed by atoms with Crippen LogP contribution in [0.2, 0.25) is 0 Å². The topological polar surface area (TPSA) is 132 Å². The van der Waals surface area contributed by atoms with Gasteiger partial charge in [0.1, 0.15) is 6.04 Å². The number of benzene rings is 1. The first-order valence-corrected chi connectivity index (χ1v) is 11.4. The van der Waals surface area contributed by atoms with E-state index in [1.165, 1.54) is 21.3 Å². The molecule has 0 aliphatic rings. The average molecular weight is 470 g/mol. The molecule has 1 atom stereocenters. The number of methoxy groups -OCH3 is 3. The van der Waals surface area contributed by atoms with Crippen molar-refractivity contribution in [2.24, 2.45) is 0 Å². The van der Waals surface area contributed by atoms with Crippen molar-refractivity contribution in [2.45, 2.75) is 25.3 Å². The zero-order valence-electron chi connectivity index (χ0n) is 18.8. The summed E-state index contributed by atoms with van der Waals surface area (Å²) >= 11 is 1.55. The third-order valence-electron chi connectivity index (χ3n) is 4.40. The van der Waals surface area contributed by atoms with Gasteiger partial charge in [-0.05, 0) is 36.6 Å². The summed E-state index contributed by atoms with van der Waals surface area (Å²) in [5, 5.41) is 7.97. The number of carbonyl (C=O) groups is 4. The van der Waals surface area contributed by atoms with Crippen molar-refractivity contribution in [3.05, 3.63) is 23.8 Å². The summed E-state index contributed by atoms with van der Waals surface area (Å²) in [5.41, 5.74) is 0.367. The van der Waals surface area contributed by atoms with E-state index in [0.29, 0.717) is 29.2 Å². The highest BCUT2D eigenvalue weighted by Crippen LogP contribution is 2.27. The lowest BCUT2D eigenvalue weighted by atomic mass is 10.2. The maximum absolute atomic E-state index is 12.4. The van der Waals surface area contributed by atoms with Crippen molar-refractivity contribution < 1.29 is 33.4 Å². The van der Waals surface area contributed by atoms with E-state index >= 15 is 0 Å². The quantitative estimate of drug-likeness (QED) is 0.340. The van der Waals surface area contributed by atoms with Gasteiger partial charge in [-0.2, -0.15) is 11.8 Å². The molecule has 0 aliphatic heterocycles. The Kier molecular flexibility index (Phi) is 12.7. The second-order valence-electron chi connectivity index (χ2n) is 6.59. The lowest BCUT2D eigenvalue weighted by Gasteiger charge is -2.18. The van der Waals surface area contributed by atoms with Crippen LogP contribution in [0, 0.1) is 0 Å². The van der Waals surface area contributed by atoms with Gasteiger partial charge in [0.15, 0.2) is 11.5 Å². The molecule has 0 heterocycles. The summed E-state index contributed by atoms with van der Waals surface area (Å²) in [6.07, 6.45) is 2.39. The Bertz CT molecular complexity index is 789. The highest BCUT2D eigenvalue weighted by atomic mass is 32.2. The molecular weight excluding hydrogens is 438 g/mol. The summed E-state index contributed by atoms with van der Waals surface area (Å²) in [6.45, 7) is 0.219. The molecule has 0 saturated heterocycles. The molecule has 1 rings (SSSR count). The molecule has 0 fully saturated rings. The first-order valence-electron chi connectivity index (χ1n) is 9.99. The third kappa shape index (κ3) is 9.46. The molecule has 178 valence electrons. The van der Waals surface area contributed by atoms with E-state index in [1.54, 1.807) is 30.0 Å². The summed E-state index contributed by atoms with van der Waals surface area (Å²) in [7, 11) is 4.25. The fraction of sp³-hybridized carbons (Fsp3) is 0.524. The number of rotatable bonds is 14. The minimum absolute atomic E-state index is 0.00420. The van der Waals surface area contributed by atoms with E-state index in [2.05, 4.69) is 20.7 Å². The van der Waals surface area contributed by atoms with Crippen LogP contribution in [0.5, 0.6) is 11.5 Å². The van der Waals surface area contributed by atoms with Gasteiger partial charge in [-0.15, -0.1) is 0 Å². The van der Waals surface area contributed by atoms with E-state index in [-0.39, 0.29) is 43.7 Å². The van der Waals surface area contributed by atoms with Gasteiger partial charge < -0.3 is 30.2 Å². The van der Waals surface area contributed by atoms with Crippen LogP contribution in [-0.2, 0) is 19.1 Å². The minimum atomic E-state index is -0.728. The lowest BCUT2D eigenvalue weighted by Crippen LogP contribution is -2.48. The van der Waals surface area contributed by atoms with Crippen LogP contribution in [-0.4, -0.2) is 76.2 Å². The number of hydrogen-bond donors (Lipinski definition) is 3. The van der Waals surface area contributed by atoms with Gasteiger partial charge in [0, 0.05) is 25.1 Å². The smallest absolute Gasteiger partial charge is 0.307 e. The normalized spacial score (nSPS) is 11.1. The zero-order valence-corrected chi connectivity index (χ0v) is 19.6. The molecule has 0 saturated carbocycles. The van der Waals surface area contributed by atoms with Crippen LogP contribution >= 0.6 is 11.8 Å². The van der Waals surface area contributed by atoms with Crippen LogP contribution in [0.4, 0.5) is 0 Å². The molecule has 11 heteroatoms. The molecular formula is C21H31N3O7S. The second kappa shape index (κ2) is 15.0. The number of carbonyl (C=O) groups excluding carboxylic acids is 4. The van der Waals surface area contributed by atoms with Crippen molar-refractivity contribution >= 4 is 35.5 Å². The van der Waals surface area contributed by atoms with Crippen molar-refractivity contribution in [2.75, 3.05) is 46.4 Å². The van der Waals surface area contributed by atoms with Gasteiger partial charge in [0.05, 0.1) is 27.8 Å². The molecule has 0 spiro atoms.